The van der Waals surface area contributed by atoms with Crippen LogP contribution in [0, 0.1) is 3.57 Å². The van der Waals surface area contributed by atoms with Crippen LogP contribution < -0.4 is 9.75 Å². The van der Waals surface area contributed by atoms with Crippen molar-refractivity contribution in [3.8, 4) is 11.5 Å². The second kappa shape index (κ2) is 7.46. The Morgan fingerprint density at radius 2 is 1.96 bits per heavy atom. The van der Waals surface area contributed by atoms with Crippen molar-refractivity contribution in [2.45, 2.75) is 6.92 Å². The maximum atomic E-state index is 12.8. The van der Waals surface area contributed by atoms with Gasteiger partial charge in [0.1, 0.15) is 0 Å². The summed E-state index contributed by atoms with van der Waals surface area (Å²) in [6.07, 6.45) is 1.71. The predicted octanol–water partition coefficient (Wildman–Crippen LogP) is 5.12. The molecule has 0 bridgehead atoms. The van der Waals surface area contributed by atoms with Crippen molar-refractivity contribution in [2.24, 2.45) is 5.10 Å². The monoisotopic (exact) mass is 502 g/mol. The van der Waals surface area contributed by atoms with Gasteiger partial charge in [-0.1, -0.05) is 23.2 Å². The molecule has 0 radical (unpaired) electrons. The minimum absolute atomic E-state index is 0.0656. The molecule has 0 saturated heterocycles. The summed E-state index contributed by atoms with van der Waals surface area (Å²) in [4.78, 5) is 12.8. The number of methoxy groups -OCH3 is 1. The van der Waals surface area contributed by atoms with Crippen LogP contribution in [0.25, 0.3) is 6.08 Å². The third kappa shape index (κ3) is 3.54. The van der Waals surface area contributed by atoms with Gasteiger partial charge in [0.05, 0.1) is 37.7 Å². The Kier molecular flexibility index (Phi) is 5.45. The molecule has 0 atom stereocenters. The summed E-state index contributed by atoms with van der Waals surface area (Å²) in [6.45, 7) is 1.75. The van der Waals surface area contributed by atoms with E-state index in [4.69, 9.17) is 27.9 Å². The van der Waals surface area contributed by atoms with Crippen LogP contribution in [0.5, 0.6) is 11.5 Å². The quantitative estimate of drug-likeness (QED) is 0.468. The number of carbonyl (C=O) groups is 1. The number of hydrogen-bond donors (Lipinski definition) is 1. The normalized spacial score (nSPS) is 15.6. The Hall–Kier alpha value is -1.77. The Bertz CT molecular complexity index is 973. The molecule has 0 aromatic heterocycles. The summed E-state index contributed by atoms with van der Waals surface area (Å²) in [5.41, 5.74) is 2.27. The number of phenols is 1. The summed E-state index contributed by atoms with van der Waals surface area (Å²) < 4.78 is 5.78. The summed E-state index contributed by atoms with van der Waals surface area (Å²) >= 11 is 14.0. The Balaban J connectivity index is 1.99. The van der Waals surface area contributed by atoms with E-state index in [1.54, 1.807) is 43.3 Å². The average molecular weight is 503 g/mol. The molecule has 1 aliphatic rings. The smallest absolute Gasteiger partial charge is 0.280 e. The zero-order valence-corrected chi connectivity index (χ0v) is 17.4. The van der Waals surface area contributed by atoms with Crippen LogP contribution in [0.15, 0.2) is 41.0 Å². The van der Waals surface area contributed by atoms with Crippen molar-refractivity contribution in [3.63, 3.8) is 0 Å². The number of halogens is 3. The lowest BCUT2D eigenvalue weighted by Gasteiger charge is -2.12. The molecule has 2 aromatic rings. The lowest BCUT2D eigenvalue weighted by molar-refractivity contribution is -0.114. The van der Waals surface area contributed by atoms with Gasteiger partial charge in [0, 0.05) is 0 Å². The predicted molar refractivity (Wildman–Crippen MR) is 112 cm³/mol. The highest BCUT2D eigenvalue weighted by atomic mass is 127. The largest absolute Gasteiger partial charge is 0.504 e. The minimum atomic E-state index is -0.275. The van der Waals surface area contributed by atoms with Crippen LogP contribution in [-0.4, -0.2) is 23.8 Å². The van der Waals surface area contributed by atoms with Crippen LogP contribution in [-0.2, 0) is 4.79 Å². The Morgan fingerprint density at radius 3 is 2.62 bits per heavy atom. The minimum Gasteiger partial charge on any atom is -0.504 e. The van der Waals surface area contributed by atoms with E-state index in [2.05, 4.69) is 5.10 Å². The van der Waals surface area contributed by atoms with E-state index >= 15 is 0 Å². The summed E-state index contributed by atoms with van der Waals surface area (Å²) in [7, 11) is 1.47. The van der Waals surface area contributed by atoms with Gasteiger partial charge in [-0.2, -0.15) is 10.1 Å². The average Bonchev–Trinajstić information content (AvgIpc) is 2.88. The molecule has 0 spiro atoms. The Labute approximate surface area is 174 Å². The van der Waals surface area contributed by atoms with Gasteiger partial charge in [-0.25, -0.2) is 0 Å². The molecule has 26 heavy (non-hydrogen) atoms. The van der Waals surface area contributed by atoms with Crippen molar-refractivity contribution in [2.75, 3.05) is 12.1 Å². The first-order valence-electron chi connectivity index (χ1n) is 7.45. The number of benzene rings is 2. The fraction of sp³-hybridized carbons (Fsp3) is 0.111. The molecule has 1 heterocycles. The van der Waals surface area contributed by atoms with Crippen molar-refractivity contribution >= 4 is 69.2 Å². The molecular weight excluding hydrogens is 490 g/mol. The first-order valence-corrected chi connectivity index (χ1v) is 9.28. The SMILES string of the molecule is COc1cc(C=C2C(=O)N(c3ccc(Cl)c(Cl)c3)N=C2C)cc(I)c1O. The number of aromatic hydroxyl groups is 1. The van der Waals surface area contributed by atoms with Gasteiger partial charge in [0.25, 0.3) is 5.91 Å². The van der Waals surface area contributed by atoms with Gasteiger partial charge in [0.2, 0.25) is 0 Å². The first kappa shape index (κ1) is 19.0. The zero-order chi connectivity index (χ0) is 19.0. The van der Waals surface area contributed by atoms with Crippen LogP contribution in [0.2, 0.25) is 10.0 Å². The standard InChI is InChI=1S/C18H13Cl2IN2O3/c1-9-12(5-10-6-15(21)17(24)16(7-10)26-2)18(25)23(22-9)11-3-4-13(19)14(20)8-11/h3-8,24H,1-2H3. The molecule has 8 heteroatoms. The number of ether oxygens (including phenoxy) is 1. The van der Waals surface area contributed by atoms with Gasteiger partial charge in [-0.15, -0.1) is 0 Å². The fourth-order valence-corrected chi connectivity index (χ4v) is 3.39. The van der Waals surface area contributed by atoms with E-state index < -0.39 is 0 Å². The second-order valence-corrected chi connectivity index (χ2v) is 7.49. The summed E-state index contributed by atoms with van der Waals surface area (Å²) in [5, 5.41) is 16.3. The van der Waals surface area contributed by atoms with E-state index in [-0.39, 0.29) is 11.7 Å². The first-order chi connectivity index (χ1) is 12.3. The second-order valence-electron chi connectivity index (χ2n) is 5.51. The van der Waals surface area contributed by atoms with E-state index in [0.29, 0.717) is 36.3 Å². The van der Waals surface area contributed by atoms with Crippen LogP contribution in [0.4, 0.5) is 5.69 Å². The van der Waals surface area contributed by atoms with E-state index in [1.165, 1.54) is 12.1 Å². The van der Waals surface area contributed by atoms with Crippen LogP contribution >= 0.6 is 45.8 Å². The van der Waals surface area contributed by atoms with Crippen molar-refractivity contribution < 1.29 is 14.6 Å². The lowest BCUT2D eigenvalue weighted by Crippen LogP contribution is -2.21. The highest BCUT2D eigenvalue weighted by Crippen LogP contribution is 2.34. The molecule has 1 N–H and O–H groups in total. The number of rotatable bonds is 3. The number of carbonyl (C=O) groups excluding carboxylic acids is 1. The van der Waals surface area contributed by atoms with E-state index in [9.17, 15) is 9.90 Å². The molecule has 1 aliphatic heterocycles. The molecule has 2 aromatic carbocycles. The van der Waals surface area contributed by atoms with Crippen molar-refractivity contribution in [3.05, 3.63) is 55.1 Å². The number of amides is 1. The molecule has 0 aliphatic carbocycles. The molecule has 134 valence electrons. The van der Waals surface area contributed by atoms with E-state index in [1.807, 2.05) is 22.6 Å². The number of hydrazone groups is 1. The van der Waals surface area contributed by atoms with Gasteiger partial charge in [-0.05, 0) is 71.5 Å². The topological polar surface area (TPSA) is 62.1 Å². The zero-order valence-electron chi connectivity index (χ0n) is 13.8. The van der Waals surface area contributed by atoms with Crippen molar-refractivity contribution in [1.29, 1.82) is 0 Å². The van der Waals surface area contributed by atoms with Crippen molar-refractivity contribution in [1.82, 2.24) is 0 Å². The lowest BCUT2D eigenvalue weighted by atomic mass is 10.1. The highest BCUT2D eigenvalue weighted by molar-refractivity contribution is 14.1. The molecular formula is C18H13Cl2IN2O3. The van der Waals surface area contributed by atoms with Gasteiger partial charge in [0.15, 0.2) is 11.5 Å². The number of anilines is 1. The van der Waals surface area contributed by atoms with Crippen LogP contribution in [0.1, 0.15) is 12.5 Å². The highest BCUT2D eigenvalue weighted by Gasteiger charge is 2.29. The molecule has 1 amide bonds. The van der Waals surface area contributed by atoms with Gasteiger partial charge >= 0.3 is 0 Å². The maximum absolute atomic E-state index is 12.8. The molecule has 0 fully saturated rings. The molecule has 3 rings (SSSR count). The third-order valence-corrected chi connectivity index (χ3v) is 5.35. The molecule has 0 unspecified atom stereocenters. The van der Waals surface area contributed by atoms with Gasteiger partial charge in [-0.3, -0.25) is 4.79 Å². The fourth-order valence-electron chi connectivity index (χ4n) is 2.48. The molecule has 5 nitrogen and oxygen atoms in total. The summed E-state index contributed by atoms with van der Waals surface area (Å²) in [5.74, 6) is 0.129. The Morgan fingerprint density at radius 1 is 1.23 bits per heavy atom. The number of phenolic OH excluding ortho intramolecular Hbond substituents is 1. The number of nitrogens with zero attached hydrogens (tertiary/aromatic N) is 2. The van der Waals surface area contributed by atoms with Crippen LogP contribution in [0.3, 0.4) is 0 Å². The number of hydrogen-bond acceptors (Lipinski definition) is 4. The maximum Gasteiger partial charge on any atom is 0.280 e. The third-order valence-electron chi connectivity index (χ3n) is 3.79. The molecule has 0 saturated carbocycles. The van der Waals surface area contributed by atoms with Gasteiger partial charge < -0.3 is 9.84 Å². The summed E-state index contributed by atoms with van der Waals surface area (Å²) in [6, 6.07) is 8.30. The van der Waals surface area contributed by atoms with E-state index in [0.717, 1.165) is 5.56 Å².